The van der Waals surface area contributed by atoms with E-state index in [1.165, 1.54) is 81.3 Å². The predicted octanol–water partition coefficient (Wildman–Crippen LogP) is 12.0. The second kappa shape index (κ2) is 15.0. The van der Waals surface area contributed by atoms with E-state index < -0.39 is 0 Å². The van der Waals surface area contributed by atoms with E-state index in [1.807, 2.05) is 0 Å². The van der Waals surface area contributed by atoms with Gasteiger partial charge >= 0.3 is 0 Å². The molecule has 0 fully saturated rings. The molecule has 0 heterocycles. The summed E-state index contributed by atoms with van der Waals surface area (Å²) < 4.78 is 0. The number of unbranched alkanes of at least 4 members (excludes halogenated alkanes) is 2. The van der Waals surface area contributed by atoms with Crippen LogP contribution >= 0.6 is 0 Å². The van der Waals surface area contributed by atoms with Crippen molar-refractivity contribution in [2.75, 3.05) is 0 Å². The van der Waals surface area contributed by atoms with Crippen LogP contribution in [0, 0.1) is 0 Å². The number of hydrogen-bond acceptors (Lipinski definition) is 0. The number of benzene rings is 5. The van der Waals surface area contributed by atoms with Crippen molar-refractivity contribution in [3.63, 3.8) is 0 Å². The van der Waals surface area contributed by atoms with Crippen molar-refractivity contribution in [1.82, 2.24) is 0 Å². The first-order valence-electron chi connectivity index (χ1n) is 15.6. The molecule has 0 aromatic heterocycles. The monoisotopic (exact) mass is 546 g/mol. The van der Waals surface area contributed by atoms with Gasteiger partial charge in [-0.25, -0.2) is 0 Å². The minimum atomic E-state index is 1.16. The van der Waals surface area contributed by atoms with Gasteiger partial charge in [-0.3, -0.25) is 0 Å². The Labute approximate surface area is 253 Å². The Kier molecular flexibility index (Phi) is 10.4. The Morgan fingerprint density at radius 1 is 0.381 bits per heavy atom. The first-order valence-corrected chi connectivity index (χ1v) is 15.6. The largest absolute Gasteiger partial charge is 0.0654 e. The van der Waals surface area contributed by atoms with E-state index in [-0.39, 0.29) is 0 Å². The van der Waals surface area contributed by atoms with Crippen molar-refractivity contribution in [2.45, 2.75) is 52.4 Å². The molecule has 0 amide bonds. The Morgan fingerprint density at radius 3 is 1.05 bits per heavy atom. The molecule has 0 aliphatic rings. The van der Waals surface area contributed by atoms with E-state index >= 15 is 0 Å². The van der Waals surface area contributed by atoms with Gasteiger partial charge < -0.3 is 0 Å². The maximum Gasteiger partial charge on any atom is -0.0184 e. The van der Waals surface area contributed by atoms with Crippen LogP contribution in [-0.4, -0.2) is 0 Å². The molecule has 0 atom stereocenters. The van der Waals surface area contributed by atoms with Gasteiger partial charge in [-0.15, -0.1) is 0 Å². The van der Waals surface area contributed by atoms with E-state index in [4.69, 9.17) is 0 Å². The van der Waals surface area contributed by atoms with Gasteiger partial charge in [0.05, 0.1) is 0 Å². The summed E-state index contributed by atoms with van der Waals surface area (Å²) in [5.74, 6) is 0. The van der Waals surface area contributed by atoms with Crippen molar-refractivity contribution in [3.05, 3.63) is 155 Å². The van der Waals surface area contributed by atoms with Gasteiger partial charge in [-0.1, -0.05) is 172 Å². The van der Waals surface area contributed by atoms with E-state index in [9.17, 15) is 0 Å². The molecular weight excluding hydrogens is 504 g/mol. The lowest BCUT2D eigenvalue weighted by atomic mass is 9.99. The van der Waals surface area contributed by atoms with E-state index in [0.29, 0.717) is 0 Å². The first-order chi connectivity index (χ1) is 20.7. The molecule has 0 bridgehead atoms. The summed E-state index contributed by atoms with van der Waals surface area (Å²) in [4.78, 5) is 0. The molecule has 5 aromatic carbocycles. The standard InChI is InChI=1S/C42H42/c1-3-5-9-33-13-25-39(26-14-33)41-29-19-35(20-30-41)17-23-37-11-7-8-12-38(37)24-18-36-21-31-42(32-22-36)40-27-15-34(16-28-40)10-6-4-2/h7-8,11-32H,3-6,9-10H2,1-2H3. The number of aryl methyl sites for hydroxylation is 2. The van der Waals surface area contributed by atoms with Crippen LogP contribution in [0.25, 0.3) is 46.6 Å². The summed E-state index contributed by atoms with van der Waals surface area (Å²) in [7, 11) is 0. The number of rotatable bonds is 12. The lowest BCUT2D eigenvalue weighted by Crippen LogP contribution is -1.85. The molecule has 0 N–H and O–H groups in total. The minimum absolute atomic E-state index is 1.16. The van der Waals surface area contributed by atoms with Gasteiger partial charge in [-0.05, 0) is 81.3 Å². The van der Waals surface area contributed by atoms with Crippen LogP contribution in [0.5, 0.6) is 0 Å². The average molecular weight is 547 g/mol. The summed E-state index contributed by atoms with van der Waals surface area (Å²) in [6.45, 7) is 4.49. The van der Waals surface area contributed by atoms with Crippen molar-refractivity contribution in [3.8, 4) is 22.3 Å². The molecule has 0 aliphatic heterocycles. The smallest absolute Gasteiger partial charge is 0.0184 e. The fraction of sp³-hybridized carbons (Fsp3) is 0.190. The summed E-state index contributed by atoms with van der Waals surface area (Å²) >= 11 is 0. The van der Waals surface area contributed by atoms with Gasteiger partial charge in [0.15, 0.2) is 0 Å². The molecular formula is C42H42. The highest BCUT2D eigenvalue weighted by molar-refractivity contribution is 5.80. The van der Waals surface area contributed by atoms with Gasteiger partial charge in [0.1, 0.15) is 0 Å². The maximum atomic E-state index is 2.27. The molecule has 42 heavy (non-hydrogen) atoms. The van der Waals surface area contributed by atoms with E-state index in [1.54, 1.807) is 0 Å². The molecule has 0 aliphatic carbocycles. The fourth-order valence-corrected chi connectivity index (χ4v) is 5.25. The molecule has 0 radical (unpaired) electrons. The summed E-state index contributed by atoms with van der Waals surface area (Å²) in [5, 5.41) is 0. The molecule has 0 heteroatoms. The molecule has 0 spiro atoms. The van der Waals surface area contributed by atoms with Crippen LogP contribution in [-0.2, 0) is 12.8 Å². The lowest BCUT2D eigenvalue weighted by molar-refractivity contribution is 0.795. The average Bonchev–Trinajstić information content (AvgIpc) is 3.06. The normalized spacial score (nSPS) is 11.5. The van der Waals surface area contributed by atoms with Gasteiger partial charge in [-0.2, -0.15) is 0 Å². The molecule has 0 saturated carbocycles. The third kappa shape index (κ3) is 8.08. The van der Waals surface area contributed by atoms with Crippen molar-refractivity contribution >= 4 is 24.3 Å². The fourth-order valence-electron chi connectivity index (χ4n) is 5.25. The Bertz CT molecular complexity index is 1460. The topological polar surface area (TPSA) is 0 Å². The zero-order valence-corrected chi connectivity index (χ0v) is 25.1. The highest BCUT2D eigenvalue weighted by atomic mass is 14.1. The Balaban J connectivity index is 1.23. The molecule has 0 saturated heterocycles. The SMILES string of the molecule is CCCCc1ccc(-c2ccc(C=Cc3ccccc3C=Cc3ccc(-c4ccc(CCCC)cc4)cc3)cc2)cc1. The Morgan fingerprint density at radius 2 is 0.714 bits per heavy atom. The molecule has 0 unspecified atom stereocenters. The quantitative estimate of drug-likeness (QED) is 0.137. The molecule has 5 aromatic rings. The van der Waals surface area contributed by atoms with Gasteiger partial charge in [0.2, 0.25) is 0 Å². The second-order valence-corrected chi connectivity index (χ2v) is 11.1. The van der Waals surface area contributed by atoms with Crippen LogP contribution in [0.4, 0.5) is 0 Å². The van der Waals surface area contributed by atoms with Crippen molar-refractivity contribution in [1.29, 1.82) is 0 Å². The molecule has 5 rings (SSSR count). The first kappa shape index (κ1) is 29.1. The zero-order chi connectivity index (χ0) is 29.0. The molecule has 0 nitrogen and oxygen atoms in total. The van der Waals surface area contributed by atoms with Crippen LogP contribution in [0.2, 0.25) is 0 Å². The van der Waals surface area contributed by atoms with Gasteiger partial charge in [0.25, 0.3) is 0 Å². The summed E-state index contributed by atoms with van der Waals surface area (Å²) in [5.41, 5.74) is 12.7. The molecule has 210 valence electrons. The summed E-state index contributed by atoms with van der Waals surface area (Å²) in [6, 6.07) is 44.3. The lowest BCUT2D eigenvalue weighted by Gasteiger charge is -2.06. The van der Waals surface area contributed by atoms with Crippen LogP contribution < -0.4 is 0 Å². The zero-order valence-electron chi connectivity index (χ0n) is 25.1. The van der Waals surface area contributed by atoms with Crippen LogP contribution in [0.15, 0.2) is 121 Å². The third-order valence-electron chi connectivity index (χ3n) is 7.94. The number of hydrogen-bond donors (Lipinski definition) is 0. The van der Waals surface area contributed by atoms with Crippen molar-refractivity contribution in [2.24, 2.45) is 0 Å². The summed E-state index contributed by atoms with van der Waals surface area (Å²) in [6.07, 6.45) is 16.1. The second-order valence-electron chi connectivity index (χ2n) is 11.1. The van der Waals surface area contributed by atoms with Gasteiger partial charge in [0, 0.05) is 0 Å². The highest BCUT2D eigenvalue weighted by Crippen LogP contribution is 2.24. The van der Waals surface area contributed by atoms with Crippen LogP contribution in [0.3, 0.4) is 0 Å². The third-order valence-corrected chi connectivity index (χ3v) is 7.94. The van der Waals surface area contributed by atoms with Crippen LogP contribution in [0.1, 0.15) is 72.9 Å². The van der Waals surface area contributed by atoms with E-state index in [2.05, 4.69) is 159 Å². The van der Waals surface area contributed by atoms with E-state index in [0.717, 1.165) is 12.8 Å². The predicted molar refractivity (Wildman–Crippen MR) is 185 cm³/mol. The highest BCUT2D eigenvalue weighted by Gasteiger charge is 2.01. The Hall–Kier alpha value is -4.42. The maximum absolute atomic E-state index is 2.27. The van der Waals surface area contributed by atoms with Crippen molar-refractivity contribution < 1.29 is 0 Å². The minimum Gasteiger partial charge on any atom is -0.0654 e.